The summed E-state index contributed by atoms with van der Waals surface area (Å²) in [5, 5.41) is 9.77. The average Bonchev–Trinajstić information content (AvgIpc) is 2.11. The van der Waals surface area contributed by atoms with Gasteiger partial charge in [-0.3, -0.25) is 0 Å². The molecular weight excluding hydrogens is 165 g/mol. The van der Waals surface area contributed by atoms with Crippen LogP contribution < -0.4 is 0 Å². The van der Waals surface area contributed by atoms with E-state index in [1.54, 1.807) is 0 Å². The fraction of sp³-hybridized carbons (Fsp3) is 0.200. The molecule has 0 saturated carbocycles. The molecule has 0 atom stereocenters. The van der Waals surface area contributed by atoms with Gasteiger partial charge in [0.2, 0.25) is 0 Å². The second-order valence-corrected chi connectivity index (χ2v) is 2.55. The summed E-state index contributed by atoms with van der Waals surface area (Å²) < 4.78 is 35.2. The van der Waals surface area contributed by atoms with Crippen LogP contribution >= 0.6 is 11.3 Å². The van der Waals surface area contributed by atoms with E-state index in [0.29, 0.717) is 11.3 Å². The third-order valence-corrected chi connectivity index (χ3v) is 1.85. The molecule has 0 amide bonds. The van der Waals surface area contributed by atoms with Gasteiger partial charge in [-0.2, -0.15) is 13.2 Å². The van der Waals surface area contributed by atoms with Crippen LogP contribution in [0.1, 0.15) is 4.88 Å². The predicted octanol–water partition coefficient (Wildman–Crippen LogP) is 2.47. The summed E-state index contributed by atoms with van der Waals surface area (Å²) in [4.78, 5) is -0.937. The number of rotatable bonds is 0. The first-order valence-corrected chi connectivity index (χ1v) is 3.23. The largest absolute Gasteiger partial charge is 0.506 e. The average molecular weight is 168 g/mol. The van der Waals surface area contributed by atoms with Crippen molar-refractivity contribution in [3.8, 4) is 5.75 Å². The molecule has 0 aliphatic carbocycles. The van der Waals surface area contributed by atoms with Crippen LogP contribution in [0, 0.1) is 0 Å². The van der Waals surface area contributed by atoms with Gasteiger partial charge in [0.15, 0.2) is 0 Å². The fourth-order valence-electron chi connectivity index (χ4n) is 0.515. The fourth-order valence-corrected chi connectivity index (χ4v) is 1.17. The van der Waals surface area contributed by atoms with E-state index in [1.165, 1.54) is 5.38 Å². The quantitative estimate of drug-likeness (QED) is 0.630. The summed E-state index contributed by atoms with van der Waals surface area (Å²) in [6, 6.07) is 1.02. The zero-order chi connectivity index (χ0) is 7.78. The topological polar surface area (TPSA) is 20.2 Å². The molecule has 0 unspecified atom stereocenters. The molecule has 10 heavy (non-hydrogen) atoms. The van der Waals surface area contributed by atoms with E-state index < -0.39 is 16.8 Å². The lowest BCUT2D eigenvalue weighted by Gasteiger charge is -2.01. The van der Waals surface area contributed by atoms with Crippen molar-refractivity contribution in [2.45, 2.75) is 6.18 Å². The van der Waals surface area contributed by atoms with Crippen molar-refractivity contribution >= 4 is 11.3 Å². The predicted molar refractivity (Wildman–Crippen MR) is 31.0 cm³/mol. The standard InChI is InChI=1S/C5H3F3OS/c6-5(7,8)4-3(9)1-2-10-4/h1-2,9H. The molecular formula is C5H3F3OS. The van der Waals surface area contributed by atoms with E-state index in [-0.39, 0.29) is 0 Å². The number of halogens is 3. The second-order valence-electron chi connectivity index (χ2n) is 1.63. The molecule has 1 N–H and O–H groups in total. The molecule has 0 bridgehead atoms. The Hall–Kier alpha value is -0.710. The smallest absolute Gasteiger partial charge is 0.429 e. The van der Waals surface area contributed by atoms with Gasteiger partial charge in [0, 0.05) is 0 Å². The van der Waals surface area contributed by atoms with E-state index >= 15 is 0 Å². The molecule has 1 aromatic rings. The zero-order valence-corrected chi connectivity index (χ0v) is 5.46. The SMILES string of the molecule is Oc1ccsc1C(F)(F)F. The van der Waals surface area contributed by atoms with Crippen LogP contribution in [-0.2, 0) is 6.18 Å². The Morgan fingerprint density at radius 2 is 2.00 bits per heavy atom. The Morgan fingerprint density at radius 3 is 2.20 bits per heavy atom. The minimum absolute atomic E-state index is 0.481. The highest BCUT2D eigenvalue weighted by molar-refractivity contribution is 7.10. The van der Waals surface area contributed by atoms with Crippen molar-refractivity contribution in [3.05, 3.63) is 16.3 Å². The van der Waals surface area contributed by atoms with Crippen LogP contribution in [0.5, 0.6) is 5.75 Å². The Bertz CT molecular complexity index is 227. The number of alkyl halides is 3. The Labute approximate surface area is 58.7 Å². The highest BCUT2D eigenvalue weighted by Gasteiger charge is 2.35. The number of hydrogen-bond donors (Lipinski definition) is 1. The molecule has 0 radical (unpaired) electrons. The van der Waals surface area contributed by atoms with Gasteiger partial charge >= 0.3 is 6.18 Å². The maximum Gasteiger partial charge on any atom is 0.429 e. The van der Waals surface area contributed by atoms with Crippen molar-refractivity contribution in [2.75, 3.05) is 0 Å². The molecule has 1 nitrogen and oxygen atoms in total. The lowest BCUT2D eigenvalue weighted by Crippen LogP contribution is -2.01. The Kier molecular flexibility index (Phi) is 1.60. The van der Waals surface area contributed by atoms with Gasteiger partial charge in [-0.15, -0.1) is 11.3 Å². The summed E-state index contributed by atoms with van der Waals surface area (Å²) in [6.45, 7) is 0. The van der Waals surface area contributed by atoms with Crippen LogP contribution in [-0.4, -0.2) is 5.11 Å². The van der Waals surface area contributed by atoms with Gasteiger partial charge < -0.3 is 5.11 Å². The maximum absolute atomic E-state index is 11.7. The summed E-state index contributed by atoms with van der Waals surface area (Å²) >= 11 is 0.481. The van der Waals surface area contributed by atoms with Crippen LogP contribution in [0.2, 0.25) is 0 Å². The Balaban J connectivity index is 3.05. The molecule has 0 fully saturated rings. The van der Waals surface area contributed by atoms with E-state index in [2.05, 4.69) is 0 Å². The summed E-state index contributed by atoms with van der Waals surface area (Å²) in [6.07, 6.45) is -4.42. The first-order chi connectivity index (χ1) is 4.52. The van der Waals surface area contributed by atoms with Gasteiger partial charge in [0.05, 0.1) is 0 Å². The van der Waals surface area contributed by atoms with E-state index in [1.807, 2.05) is 0 Å². The molecule has 1 rings (SSSR count). The van der Waals surface area contributed by atoms with Crippen molar-refractivity contribution in [2.24, 2.45) is 0 Å². The van der Waals surface area contributed by atoms with Crippen molar-refractivity contribution in [3.63, 3.8) is 0 Å². The van der Waals surface area contributed by atoms with E-state index in [9.17, 15) is 13.2 Å². The molecule has 56 valence electrons. The van der Waals surface area contributed by atoms with Crippen LogP contribution in [0.15, 0.2) is 11.4 Å². The van der Waals surface area contributed by atoms with Gasteiger partial charge in [0.25, 0.3) is 0 Å². The number of aromatic hydroxyl groups is 1. The van der Waals surface area contributed by atoms with Crippen molar-refractivity contribution in [1.82, 2.24) is 0 Å². The molecule has 1 heterocycles. The van der Waals surface area contributed by atoms with Crippen LogP contribution in [0.25, 0.3) is 0 Å². The Morgan fingerprint density at radius 1 is 1.40 bits per heavy atom. The normalized spacial score (nSPS) is 11.9. The lowest BCUT2D eigenvalue weighted by atomic mass is 10.4. The zero-order valence-electron chi connectivity index (χ0n) is 4.64. The van der Waals surface area contributed by atoms with Gasteiger partial charge in [-0.25, -0.2) is 0 Å². The molecule has 0 spiro atoms. The van der Waals surface area contributed by atoms with Crippen molar-refractivity contribution in [1.29, 1.82) is 0 Å². The van der Waals surface area contributed by atoms with Gasteiger partial charge in [-0.1, -0.05) is 0 Å². The highest BCUT2D eigenvalue weighted by atomic mass is 32.1. The molecule has 0 aromatic carbocycles. The van der Waals surface area contributed by atoms with Crippen LogP contribution in [0.4, 0.5) is 13.2 Å². The molecule has 5 heteroatoms. The van der Waals surface area contributed by atoms with Crippen molar-refractivity contribution < 1.29 is 18.3 Å². The molecule has 0 aliphatic rings. The summed E-state index contributed by atoms with van der Waals surface area (Å²) in [5.41, 5.74) is 0. The first-order valence-electron chi connectivity index (χ1n) is 2.35. The number of thiophene rings is 1. The highest BCUT2D eigenvalue weighted by Crippen LogP contribution is 2.39. The minimum atomic E-state index is -4.42. The van der Waals surface area contributed by atoms with Gasteiger partial charge in [-0.05, 0) is 11.4 Å². The molecule has 1 aromatic heterocycles. The third kappa shape index (κ3) is 1.23. The second kappa shape index (κ2) is 2.16. The summed E-state index contributed by atoms with van der Waals surface area (Å²) in [5.74, 6) is -0.697. The van der Waals surface area contributed by atoms with E-state index in [0.717, 1.165) is 6.07 Å². The van der Waals surface area contributed by atoms with E-state index in [4.69, 9.17) is 5.11 Å². The van der Waals surface area contributed by atoms with Crippen LogP contribution in [0.3, 0.4) is 0 Å². The lowest BCUT2D eigenvalue weighted by molar-refractivity contribution is -0.135. The summed E-state index contributed by atoms with van der Waals surface area (Å²) in [7, 11) is 0. The minimum Gasteiger partial charge on any atom is -0.506 e. The third-order valence-electron chi connectivity index (χ3n) is 0.902. The molecule has 0 saturated heterocycles. The molecule has 0 aliphatic heterocycles. The monoisotopic (exact) mass is 168 g/mol. The maximum atomic E-state index is 11.7. The number of hydrogen-bond acceptors (Lipinski definition) is 2. The van der Waals surface area contributed by atoms with Gasteiger partial charge in [0.1, 0.15) is 10.6 Å². The first kappa shape index (κ1) is 7.40.